The van der Waals surface area contributed by atoms with Crippen LogP contribution in [0.4, 0.5) is 0 Å². The molecule has 26 heavy (non-hydrogen) atoms. The van der Waals surface area contributed by atoms with Crippen LogP contribution in [0.2, 0.25) is 0 Å². The Hall–Kier alpha value is -3.14. The highest BCUT2D eigenvalue weighted by Gasteiger charge is 2.13. The molecule has 4 nitrogen and oxygen atoms in total. The first kappa shape index (κ1) is 17.7. The maximum Gasteiger partial charge on any atom is 0.254 e. The van der Waals surface area contributed by atoms with E-state index in [9.17, 15) is 4.79 Å². The summed E-state index contributed by atoms with van der Waals surface area (Å²) in [5.41, 5.74) is 2.91. The Balaban J connectivity index is 1.67. The molecule has 0 aliphatic carbocycles. The normalized spacial score (nSPS) is 11.0. The zero-order valence-electron chi connectivity index (χ0n) is 15.0. The zero-order chi connectivity index (χ0) is 18.2. The monoisotopic (exact) mass is 345 g/mol. The van der Waals surface area contributed by atoms with Crippen molar-refractivity contribution in [1.29, 1.82) is 0 Å². The lowest BCUT2D eigenvalue weighted by Crippen LogP contribution is -2.31. The number of hydrogen-bond acceptors (Lipinski definition) is 2. The van der Waals surface area contributed by atoms with Crippen molar-refractivity contribution in [3.8, 4) is 0 Å². The molecule has 2 aromatic carbocycles. The predicted octanol–water partition coefficient (Wildman–Crippen LogP) is 4.11. The van der Waals surface area contributed by atoms with E-state index in [2.05, 4.69) is 5.10 Å². The van der Waals surface area contributed by atoms with Crippen molar-refractivity contribution in [3.63, 3.8) is 0 Å². The maximum absolute atomic E-state index is 12.8. The van der Waals surface area contributed by atoms with Crippen LogP contribution in [0, 0.1) is 0 Å². The van der Waals surface area contributed by atoms with Gasteiger partial charge in [-0.15, -0.1) is 0 Å². The highest BCUT2D eigenvalue weighted by atomic mass is 16.2. The first-order chi connectivity index (χ1) is 12.8. The summed E-state index contributed by atoms with van der Waals surface area (Å²) >= 11 is 0. The van der Waals surface area contributed by atoms with Crippen molar-refractivity contribution in [2.45, 2.75) is 13.5 Å². The van der Waals surface area contributed by atoms with Crippen molar-refractivity contribution in [2.24, 2.45) is 0 Å². The summed E-state index contributed by atoms with van der Waals surface area (Å²) in [5, 5.41) is 4.22. The second kappa shape index (κ2) is 8.81. The molecule has 3 aromatic rings. The van der Waals surface area contributed by atoms with Crippen LogP contribution in [0.1, 0.15) is 28.4 Å². The number of carbonyl (C=O) groups is 1. The van der Waals surface area contributed by atoms with Gasteiger partial charge in [-0.2, -0.15) is 5.10 Å². The smallest absolute Gasteiger partial charge is 0.254 e. The third-order valence-electron chi connectivity index (χ3n) is 4.18. The van der Waals surface area contributed by atoms with Crippen LogP contribution in [0.3, 0.4) is 0 Å². The third kappa shape index (κ3) is 4.70. The molecule has 0 aliphatic rings. The van der Waals surface area contributed by atoms with Gasteiger partial charge in [-0.1, -0.05) is 54.6 Å². The highest BCUT2D eigenvalue weighted by molar-refractivity contribution is 5.94. The molecule has 0 spiro atoms. The second-order valence-electron chi connectivity index (χ2n) is 6.06. The third-order valence-corrected chi connectivity index (χ3v) is 4.18. The van der Waals surface area contributed by atoms with Crippen molar-refractivity contribution in [2.75, 3.05) is 13.1 Å². The average molecular weight is 345 g/mol. The topological polar surface area (TPSA) is 38.1 Å². The molecule has 1 aromatic heterocycles. The van der Waals surface area contributed by atoms with Gasteiger partial charge in [0, 0.05) is 31.0 Å². The molecule has 3 rings (SSSR count). The average Bonchev–Trinajstić information content (AvgIpc) is 3.19. The second-order valence-corrected chi connectivity index (χ2v) is 6.06. The van der Waals surface area contributed by atoms with E-state index in [1.165, 1.54) is 0 Å². The van der Waals surface area contributed by atoms with Gasteiger partial charge in [-0.05, 0) is 36.2 Å². The predicted molar refractivity (Wildman–Crippen MR) is 105 cm³/mol. The number of hydrogen-bond donors (Lipinski definition) is 0. The van der Waals surface area contributed by atoms with E-state index in [0.29, 0.717) is 25.2 Å². The molecule has 0 saturated heterocycles. The van der Waals surface area contributed by atoms with E-state index in [4.69, 9.17) is 0 Å². The quantitative estimate of drug-likeness (QED) is 0.646. The summed E-state index contributed by atoms with van der Waals surface area (Å²) in [6, 6.07) is 19.8. The number of nitrogens with zero attached hydrogens (tertiary/aromatic N) is 3. The van der Waals surface area contributed by atoms with Crippen LogP contribution in [-0.2, 0) is 6.54 Å². The van der Waals surface area contributed by atoms with Gasteiger partial charge < -0.3 is 4.90 Å². The Morgan fingerprint density at radius 3 is 2.69 bits per heavy atom. The number of carbonyl (C=O) groups excluding carboxylic acids is 1. The van der Waals surface area contributed by atoms with E-state index < -0.39 is 0 Å². The molecule has 4 heteroatoms. The molecular weight excluding hydrogens is 322 g/mol. The SMILES string of the molecule is CCN(C/C=C/c1ccccc1)C(=O)c1cccc(Cn2cccn2)c1. The van der Waals surface area contributed by atoms with Gasteiger partial charge in [0.1, 0.15) is 0 Å². The van der Waals surface area contributed by atoms with Gasteiger partial charge in [0.15, 0.2) is 0 Å². The number of amides is 1. The molecular formula is C22H23N3O. The van der Waals surface area contributed by atoms with Crippen LogP contribution in [0.15, 0.2) is 79.1 Å². The van der Waals surface area contributed by atoms with Crippen LogP contribution in [0.5, 0.6) is 0 Å². The fourth-order valence-electron chi connectivity index (χ4n) is 2.80. The standard InChI is InChI=1S/C22H23N3O/c1-2-24(15-7-12-19-9-4-3-5-10-19)22(26)21-13-6-11-20(17-21)18-25-16-8-14-23-25/h3-14,16-17H,2,15,18H2,1H3/b12-7+. The Bertz CT molecular complexity index is 854. The molecule has 0 aliphatic heterocycles. The summed E-state index contributed by atoms with van der Waals surface area (Å²) < 4.78 is 1.85. The number of benzene rings is 2. The zero-order valence-corrected chi connectivity index (χ0v) is 15.0. The van der Waals surface area contributed by atoms with Crippen molar-refractivity contribution < 1.29 is 4.79 Å². The minimum absolute atomic E-state index is 0.0486. The van der Waals surface area contributed by atoms with E-state index in [-0.39, 0.29) is 5.91 Å². The molecule has 132 valence electrons. The first-order valence-corrected chi connectivity index (χ1v) is 8.83. The van der Waals surface area contributed by atoms with Crippen LogP contribution < -0.4 is 0 Å². The lowest BCUT2D eigenvalue weighted by Gasteiger charge is -2.19. The first-order valence-electron chi connectivity index (χ1n) is 8.83. The van der Waals surface area contributed by atoms with Gasteiger partial charge in [0.2, 0.25) is 0 Å². The molecule has 0 radical (unpaired) electrons. The molecule has 0 atom stereocenters. The fraction of sp³-hybridized carbons (Fsp3) is 0.182. The minimum Gasteiger partial charge on any atom is -0.335 e. The molecule has 0 N–H and O–H groups in total. The lowest BCUT2D eigenvalue weighted by molar-refractivity contribution is 0.0782. The maximum atomic E-state index is 12.8. The molecule has 1 heterocycles. The van der Waals surface area contributed by atoms with E-state index >= 15 is 0 Å². The van der Waals surface area contributed by atoms with Gasteiger partial charge in [0.05, 0.1) is 6.54 Å². The van der Waals surface area contributed by atoms with Gasteiger partial charge in [-0.3, -0.25) is 9.48 Å². The molecule has 0 fully saturated rings. The summed E-state index contributed by atoms with van der Waals surface area (Å²) in [7, 11) is 0. The minimum atomic E-state index is 0.0486. The lowest BCUT2D eigenvalue weighted by atomic mass is 10.1. The van der Waals surface area contributed by atoms with Crippen molar-refractivity contribution in [3.05, 3.63) is 95.8 Å². The van der Waals surface area contributed by atoms with Gasteiger partial charge in [0.25, 0.3) is 5.91 Å². The number of rotatable bonds is 7. The highest BCUT2D eigenvalue weighted by Crippen LogP contribution is 2.11. The Kier molecular flexibility index (Phi) is 5.99. The summed E-state index contributed by atoms with van der Waals surface area (Å²) in [4.78, 5) is 14.7. The Labute approximate surface area is 154 Å². The van der Waals surface area contributed by atoms with Gasteiger partial charge >= 0.3 is 0 Å². The number of aromatic nitrogens is 2. The Morgan fingerprint density at radius 2 is 1.96 bits per heavy atom. The van der Waals surface area contributed by atoms with Crippen LogP contribution >= 0.6 is 0 Å². The summed E-state index contributed by atoms with van der Waals surface area (Å²) in [6.45, 7) is 3.92. The fourth-order valence-corrected chi connectivity index (χ4v) is 2.80. The van der Waals surface area contributed by atoms with E-state index in [1.807, 2.05) is 95.5 Å². The molecule has 0 unspecified atom stereocenters. The Morgan fingerprint density at radius 1 is 1.12 bits per heavy atom. The molecule has 0 bridgehead atoms. The van der Waals surface area contributed by atoms with Gasteiger partial charge in [-0.25, -0.2) is 0 Å². The molecule has 0 saturated carbocycles. The van der Waals surface area contributed by atoms with Crippen LogP contribution in [0.25, 0.3) is 6.08 Å². The van der Waals surface area contributed by atoms with E-state index in [0.717, 1.165) is 11.1 Å². The summed E-state index contributed by atoms with van der Waals surface area (Å²) in [5.74, 6) is 0.0486. The number of likely N-dealkylation sites (N-methyl/N-ethyl adjacent to an activating group) is 1. The largest absolute Gasteiger partial charge is 0.335 e. The molecule has 1 amide bonds. The van der Waals surface area contributed by atoms with E-state index in [1.54, 1.807) is 6.20 Å². The summed E-state index contributed by atoms with van der Waals surface area (Å²) in [6.07, 6.45) is 7.75. The van der Waals surface area contributed by atoms with Crippen LogP contribution in [-0.4, -0.2) is 33.7 Å². The van der Waals surface area contributed by atoms with Crippen molar-refractivity contribution >= 4 is 12.0 Å². The van der Waals surface area contributed by atoms with Crippen molar-refractivity contribution in [1.82, 2.24) is 14.7 Å².